The molecule has 0 heterocycles. The van der Waals surface area contributed by atoms with E-state index < -0.39 is 8.53 Å². The van der Waals surface area contributed by atoms with Crippen LogP contribution in [0.2, 0.25) is 0 Å². The molecule has 8 bridgehead atoms. The first-order valence-corrected chi connectivity index (χ1v) is 23.3. The minimum atomic E-state index is -1.53. The fourth-order valence-corrected chi connectivity index (χ4v) is 16.3. The lowest BCUT2D eigenvalue weighted by atomic mass is 9.72. The van der Waals surface area contributed by atoms with E-state index in [1.807, 2.05) is 0 Å². The summed E-state index contributed by atoms with van der Waals surface area (Å²) in [7, 11) is -1.53. The molecule has 1 N–H and O–H groups in total. The molecule has 1 fully saturated rings. The SMILES string of the molecule is CC(C)N(C(C)C)P(OCCC#N)Oc1c2c(c(O)c3c1C1CC3c3cc4c(cc31)[C@@H]1CC4c3ccccc31)C1CC2c2cc3c(cc21)C1CC3C2CCCC=C12. The summed E-state index contributed by atoms with van der Waals surface area (Å²) in [6, 6.07) is 22.2. The van der Waals surface area contributed by atoms with Gasteiger partial charge in [0.15, 0.2) is 0 Å². The summed E-state index contributed by atoms with van der Waals surface area (Å²) in [5, 5.41) is 22.4. The molecule has 9 aliphatic carbocycles. The third-order valence-corrected chi connectivity index (χ3v) is 18.5. The minimum absolute atomic E-state index is 0.161. The molecule has 4 aromatic rings. The van der Waals surface area contributed by atoms with Crippen LogP contribution in [0.1, 0.15) is 204 Å². The number of nitrogens with zero attached hydrogens (tertiary/aromatic N) is 2. The molecular formula is C51H51N2O3P. The molecule has 0 saturated heterocycles. The van der Waals surface area contributed by atoms with Gasteiger partial charge in [-0.15, -0.1) is 0 Å². The smallest absolute Gasteiger partial charge is 0.321 e. The number of fused-ring (bicyclic) bond motifs is 32. The highest BCUT2D eigenvalue weighted by Crippen LogP contribution is 2.72. The Hall–Kier alpha value is -3.94. The maximum atomic E-state index is 12.9. The van der Waals surface area contributed by atoms with E-state index in [-0.39, 0.29) is 35.8 Å². The van der Waals surface area contributed by atoms with E-state index in [1.54, 1.807) is 16.7 Å². The van der Waals surface area contributed by atoms with E-state index in [4.69, 9.17) is 9.05 Å². The second-order valence-electron chi connectivity index (χ2n) is 19.5. The number of hydrogen-bond acceptors (Lipinski definition) is 5. The quantitative estimate of drug-likeness (QED) is 0.110. The van der Waals surface area contributed by atoms with Crippen molar-refractivity contribution in [2.24, 2.45) is 5.92 Å². The Balaban J connectivity index is 0.984. The first-order valence-electron chi connectivity index (χ1n) is 22.1. The number of nitriles is 1. The lowest BCUT2D eigenvalue weighted by Crippen LogP contribution is -2.34. The van der Waals surface area contributed by atoms with Gasteiger partial charge in [0.1, 0.15) is 11.5 Å². The standard InChI is InChI=1S/C51H51N2O3P/c1-24(2)53(25(3)4)57(55-15-9-14-52)56-51-48-44-22-42(38-18-34-30-16-32(36(34)20-40(38)44)28-12-7-5-10-26(28)30)46(48)50(54)47-43-23-45(49(47)51)41-21-37-33-17-31(35(37)19-39(41)43)27-11-6-8-13-29(27)33/h5,7,10-12,18-21,24-25,29-33,42-45,54H,6,8-9,13,15-17,22-23H2,1-4H3/t29?,30?,31?,32-,33?,42?,43?,44?,45?,57?/m1/s1. The van der Waals surface area contributed by atoms with Gasteiger partial charge >= 0.3 is 8.53 Å². The van der Waals surface area contributed by atoms with E-state index in [0.29, 0.717) is 42.4 Å². The van der Waals surface area contributed by atoms with Crippen LogP contribution in [0.3, 0.4) is 0 Å². The molecule has 5 nitrogen and oxygen atoms in total. The fraction of sp³-hybridized carbons (Fsp3) is 0.471. The maximum absolute atomic E-state index is 12.9. The first kappa shape index (κ1) is 34.0. The monoisotopic (exact) mass is 770 g/mol. The number of allylic oxidation sites excluding steroid dienone is 2. The molecule has 10 atom stereocenters. The Kier molecular flexibility index (Phi) is 7.06. The van der Waals surface area contributed by atoms with Crippen molar-refractivity contribution in [1.29, 1.82) is 5.26 Å². The number of rotatable bonds is 8. The molecule has 0 aliphatic heterocycles. The van der Waals surface area contributed by atoms with E-state index in [0.717, 1.165) is 35.6 Å². The molecule has 4 aromatic carbocycles. The van der Waals surface area contributed by atoms with Gasteiger partial charge in [-0.25, -0.2) is 4.67 Å². The van der Waals surface area contributed by atoms with E-state index >= 15 is 0 Å². The Morgan fingerprint density at radius 3 is 1.79 bits per heavy atom. The first-order chi connectivity index (χ1) is 27.8. The summed E-state index contributed by atoms with van der Waals surface area (Å²) in [4.78, 5) is 0. The highest BCUT2D eigenvalue weighted by atomic mass is 31.2. The van der Waals surface area contributed by atoms with E-state index in [9.17, 15) is 10.4 Å². The van der Waals surface area contributed by atoms with Crippen LogP contribution in [0.5, 0.6) is 11.5 Å². The number of aromatic hydroxyl groups is 1. The molecule has 0 amide bonds. The lowest BCUT2D eigenvalue weighted by Gasteiger charge is -2.38. The van der Waals surface area contributed by atoms with Crippen molar-refractivity contribution >= 4 is 8.53 Å². The third kappa shape index (κ3) is 4.26. The minimum Gasteiger partial charge on any atom is -0.507 e. The molecule has 13 rings (SSSR count). The van der Waals surface area contributed by atoms with Crippen molar-refractivity contribution < 1.29 is 14.2 Å². The molecule has 6 heteroatoms. The topological polar surface area (TPSA) is 65.7 Å². The van der Waals surface area contributed by atoms with Gasteiger partial charge < -0.3 is 14.2 Å². The third-order valence-electron chi connectivity index (χ3n) is 16.5. The molecule has 288 valence electrons. The Morgan fingerprint density at radius 2 is 1.21 bits per heavy atom. The summed E-state index contributed by atoms with van der Waals surface area (Å²) in [5.41, 5.74) is 21.6. The normalized spacial score (nSPS) is 30.6. The predicted molar refractivity (Wildman–Crippen MR) is 224 cm³/mol. The van der Waals surface area contributed by atoms with Crippen LogP contribution in [-0.4, -0.2) is 28.5 Å². The van der Waals surface area contributed by atoms with Crippen LogP contribution in [-0.2, 0) is 4.52 Å². The second kappa shape index (κ2) is 11.8. The van der Waals surface area contributed by atoms with Crippen molar-refractivity contribution in [2.45, 2.75) is 138 Å². The summed E-state index contributed by atoms with van der Waals surface area (Å²) in [6.45, 7) is 9.24. The number of phenols is 1. The second-order valence-corrected chi connectivity index (χ2v) is 20.9. The predicted octanol–water partition coefficient (Wildman–Crippen LogP) is 12.3. The molecule has 1 saturated carbocycles. The average Bonchev–Trinajstić information content (AvgIpc) is 4.09. The Labute approximate surface area is 338 Å². The largest absolute Gasteiger partial charge is 0.507 e. The van der Waals surface area contributed by atoms with Crippen molar-refractivity contribution in [2.75, 3.05) is 6.61 Å². The van der Waals surface area contributed by atoms with Crippen LogP contribution in [0.15, 0.2) is 60.2 Å². The van der Waals surface area contributed by atoms with Crippen LogP contribution in [0, 0.1) is 17.2 Å². The summed E-state index contributed by atoms with van der Waals surface area (Å²) >= 11 is 0. The summed E-state index contributed by atoms with van der Waals surface area (Å²) in [5.74, 6) is 5.21. The van der Waals surface area contributed by atoms with Gasteiger partial charge in [-0.1, -0.05) is 60.2 Å². The zero-order chi connectivity index (χ0) is 38.2. The molecule has 57 heavy (non-hydrogen) atoms. The Morgan fingerprint density at radius 1 is 0.684 bits per heavy atom. The van der Waals surface area contributed by atoms with Gasteiger partial charge in [0.25, 0.3) is 0 Å². The van der Waals surface area contributed by atoms with E-state index in [1.165, 1.54) is 87.7 Å². The highest BCUT2D eigenvalue weighted by molar-refractivity contribution is 7.45. The fourth-order valence-electron chi connectivity index (χ4n) is 14.7. The summed E-state index contributed by atoms with van der Waals surface area (Å²) < 4.78 is 16.6. The van der Waals surface area contributed by atoms with Crippen LogP contribution < -0.4 is 4.52 Å². The van der Waals surface area contributed by atoms with E-state index in [2.05, 4.69) is 93.0 Å². The van der Waals surface area contributed by atoms with Crippen LogP contribution in [0.4, 0.5) is 0 Å². The number of phenolic OH excluding ortho intramolecular Hbond substituents is 1. The van der Waals surface area contributed by atoms with Gasteiger partial charge in [0, 0.05) is 75.8 Å². The van der Waals surface area contributed by atoms with Crippen molar-refractivity contribution in [3.05, 3.63) is 138 Å². The highest BCUT2D eigenvalue weighted by Gasteiger charge is 2.56. The molecule has 9 unspecified atom stereocenters. The van der Waals surface area contributed by atoms with Gasteiger partial charge in [0.2, 0.25) is 0 Å². The van der Waals surface area contributed by atoms with Crippen LogP contribution in [0.25, 0.3) is 0 Å². The Bertz CT molecular complexity index is 2540. The zero-order valence-corrected chi connectivity index (χ0v) is 34.4. The molecule has 9 aliphatic rings. The van der Waals surface area contributed by atoms with Crippen molar-refractivity contribution in [3.8, 4) is 17.6 Å². The maximum Gasteiger partial charge on any atom is 0.321 e. The van der Waals surface area contributed by atoms with Gasteiger partial charge in [-0.3, -0.25) is 0 Å². The number of benzene rings is 4. The van der Waals surface area contributed by atoms with Crippen LogP contribution >= 0.6 is 8.53 Å². The molecule has 0 aromatic heterocycles. The average molecular weight is 771 g/mol. The summed E-state index contributed by atoms with van der Waals surface area (Å²) in [6.07, 6.45) is 11.3. The number of hydrogen-bond donors (Lipinski definition) is 1. The van der Waals surface area contributed by atoms with Gasteiger partial charge in [-0.05, 0) is 140 Å². The van der Waals surface area contributed by atoms with Gasteiger partial charge in [0.05, 0.1) is 19.1 Å². The molecular weight excluding hydrogens is 720 g/mol. The lowest BCUT2D eigenvalue weighted by molar-refractivity contribution is 0.218. The van der Waals surface area contributed by atoms with Crippen molar-refractivity contribution in [3.63, 3.8) is 0 Å². The molecule has 0 radical (unpaired) electrons. The van der Waals surface area contributed by atoms with Crippen molar-refractivity contribution in [1.82, 2.24) is 4.67 Å². The van der Waals surface area contributed by atoms with Gasteiger partial charge in [-0.2, -0.15) is 5.26 Å². The molecule has 0 spiro atoms. The zero-order valence-electron chi connectivity index (χ0n) is 33.5.